The van der Waals surface area contributed by atoms with Crippen molar-refractivity contribution in [1.29, 1.82) is 0 Å². The predicted molar refractivity (Wildman–Crippen MR) is 54.0 cm³/mol. The van der Waals surface area contributed by atoms with Crippen LogP contribution in [0.15, 0.2) is 0 Å². The first kappa shape index (κ1) is 13.1. The van der Waals surface area contributed by atoms with Gasteiger partial charge in [-0.15, -0.1) is 0 Å². The lowest BCUT2D eigenvalue weighted by Crippen LogP contribution is -2.47. The molecule has 0 fully saturated rings. The van der Waals surface area contributed by atoms with Crippen LogP contribution in [-0.4, -0.2) is 29.9 Å². The summed E-state index contributed by atoms with van der Waals surface area (Å²) in [5, 5.41) is 2.57. The van der Waals surface area contributed by atoms with Gasteiger partial charge >= 0.3 is 0 Å². The number of nitrogens with one attached hydrogen (secondary N) is 1. The zero-order valence-corrected chi connectivity index (χ0v) is 9.46. The van der Waals surface area contributed by atoms with Crippen molar-refractivity contribution in [2.75, 3.05) is 0 Å². The zero-order chi connectivity index (χ0) is 11.3. The number of ketones is 1. The van der Waals surface area contributed by atoms with E-state index in [0.717, 1.165) is 0 Å². The molecule has 0 saturated heterocycles. The lowest BCUT2D eigenvalue weighted by atomic mass is 10.1. The standard InChI is InChI=1S/C10H19NO3/c1-6(2)14-8(4)10(7(3)12)11-9(5)13/h6,8,10H,1-5H3,(H,11,13). The predicted octanol–water partition coefficient (Wildman–Crippen LogP) is 0.894. The molecule has 0 spiro atoms. The van der Waals surface area contributed by atoms with E-state index in [1.807, 2.05) is 13.8 Å². The van der Waals surface area contributed by atoms with Gasteiger partial charge in [0, 0.05) is 6.92 Å². The molecule has 0 aliphatic heterocycles. The highest BCUT2D eigenvalue weighted by atomic mass is 16.5. The maximum Gasteiger partial charge on any atom is 0.217 e. The van der Waals surface area contributed by atoms with Gasteiger partial charge in [0.15, 0.2) is 5.78 Å². The Morgan fingerprint density at radius 1 is 1.14 bits per heavy atom. The molecule has 0 aliphatic rings. The third-order valence-corrected chi connectivity index (χ3v) is 1.75. The van der Waals surface area contributed by atoms with Gasteiger partial charge in [0.1, 0.15) is 6.04 Å². The first-order valence-corrected chi connectivity index (χ1v) is 4.77. The van der Waals surface area contributed by atoms with Crippen LogP contribution in [0.2, 0.25) is 0 Å². The smallest absolute Gasteiger partial charge is 0.217 e. The number of hydrogen-bond acceptors (Lipinski definition) is 3. The fourth-order valence-electron chi connectivity index (χ4n) is 1.28. The van der Waals surface area contributed by atoms with Crippen molar-refractivity contribution in [3.05, 3.63) is 0 Å². The Morgan fingerprint density at radius 3 is 1.93 bits per heavy atom. The summed E-state index contributed by atoms with van der Waals surface area (Å²) in [6.07, 6.45) is -0.253. The van der Waals surface area contributed by atoms with Gasteiger partial charge < -0.3 is 10.1 Å². The van der Waals surface area contributed by atoms with Crippen LogP contribution in [0.3, 0.4) is 0 Å². The van der Waals surface area contributed by atoms with Crippen LogP contribution in [0.1, 0.15) is 34.6 Å². The Balaban J connectivity index is 4.33. The van der Waals surface area contributed by atoms with Crippen LogP contribution in [-0.2, 0) is 14.3 Å². The molecule has 82 valence electrons. The maximum absolute atomic E-state index is 11.2. The van der Waals surface area contributed by atoms with Gasteiger partial charge in [0.2, 0.25) is 5.91 Å². The van der Waals surface area contributed by atoms with E-state index in [0.29, 0.717) is 0 Å². The molecule has 0 rings (SSSR count). The van der Waals surface area contributed by atoms with Gasteiger partial charge in [-0.1, -0.05) is 0 Å². The molecule has 2 unspecified atom stereocenters. The number of ether oxygens (including phenoxy) is 1. The van der Waals surface area contributed by atoms with Crippen LogP contribution in [0.4, 0.5) is 0 Å². The quantitative estimate of drug-likeness (QED) is 0.718. The molecule has 4 heteroatoms. The largest absolute Gasteiger partial charge is 0.373 e. The first-order valence-electron chi connectivity index (χ1n) is 4.77. The van der Waals surface area contributed by atoms with Crippen molar-refractivity contribution in [2.45, 2.75) is 52.9 Å². The minimum absolute atomic E-state index is 0.0422. The zero-order valence-electron chi connectivity index (χ0n) is 9.46. The summed E-state index contributed by atoms with van der Waals surface area (Å²) in [4.78, 5) is 22.0. The van der Waals surface area contributed by atoms with Crippen molar-refractivity contribution < 1.29 is 14.3 Å². The lowest BCUT2D eigenvalue weighted by Gasteiger charge is -2.24. The first-order chi connectivity index (χ1) is 6.34. The molecule has 2 atom stereocenters. The molecule has 0 aromatic carbocycles. The van der Waals surface area contributed by atoms with E-state index in [1.165, 1.54) is 13.8 Å². The van der Waals surface area contributed by atoms with Crippen molar-refractivity contribution >= 4 is 11.7 Å². The molecular weight excluding hydrogens is 182 g/mol. The van der Waals surface area contributed by atoms with E-state index in [1.54, 1.807) is 6.92 Å². The minimum Gasteiger partial charge on any atom is -0.373 e. The average molecular weight is 201 g/mol. The normalized spacial score (nSPS) is 15.0. The molecule has 0 heterocycles. The van der Waals surface area contributed by atoms with Gasteiger partial charge in [-0.2, -0.15) is 0 Å². The Bertz CT molecular complexity index is 213. The number of hydrogen-bond donors (Lipinski definition) is 1. The van der Waals surface area contributed by atoms with Crippen molar-refractivity contribution in [1.82, 2.24) is 5.32 Å². The van der Waals surface area contributed by atoms with Crippen LogP contribution in [0.5, 0.6) is 0 Å². The van der Waals surface area contributed by atoms with Gasteiger partial charge in [0.05, 0.1) is 12.2 Å². The Hall–Kier alpha value is -0.900. The van der Waals surface area contributed by atoms with Crippen LogP contribution in [0, 0.1) is 0 Å². The average Bonchev–Trinajstić information content (AvgIpc) is 1.97. The Kier molecular flexibility index (Phi) is 5.38. The monoisotopic (exact) mass is 201 g/mol. The van der Waals surface area contributed by atoms with Gasteiger partial charge in [-0.3, -0.25) is 9.59 Å². The van der Waals surface area contributed by atoms with E-state index in [4.69, 9.17) is 4.74 Å². The Labute approximate surface area is 85.0 Å². The van der Waals surface area contributed by atoms with Crippen LogP contribution >= 0.6 is 0 Å². The number of amides is 1. The van der Waals surface area contributed by atoms with E-state index >= 15 is 0 Å². The topological polar surface area (TPSA) is 55.4 Å². The SMILES string of the molecule is CC(=O)NC(C(C)=O)C(C)OC(C)C. The summed E-state index contributed by atoms with van der Waals surface area (Å²) >= 11 is 0. The highest BCUT2D eigenvalue weighted by Gasteiger charge is 2.23. The summed E-state index contributed by atoms with van der Waals surface area (Å²) < 4.78 is 5.44. The summed E-state index contributed by atoms with van der Waals surface area (Å²) in [7, 11) is 0. The maximum atomic E-state index is 11.2. The second kappa shape index (κ2) is 5.75. The molecule has 0 saturated carbocycles. The van der Waals surface area contributed by atoms with Crippen molar-refractivity contribution in [3.63, 3.8) is 0 Å². The van der Waals surface area contributed by atoms with Crippen molar-refractivity contribution in [3.8, 4) is 0 Å². The number of carbonyl (C=O) groups excluding carboxylic acids is 2. The summed E-state index contributed by atoms with van der Waals surface area (Å²) in [6.45, 7) is 8.39. The molecule has 0 radical (unpaired) electrons. The van der Waals surface area contributed by atoms with Crippen LogP contribution in [0.25, 0.3) is 0 Å². The third-order valence-electron chi connectivity index (χ3n) is 1.75. The van der Waals surface area contributed by atoms with Gasteiger partial charge in [0.25, 0.3) is 0 Å². The van der Waals surface area contributed by atoms with E-state index in [2.05, 4.69) is 5.32 Å². The second-order valence-electron chi connectivity index (χ2n) is 3.68. The highest BCUT2D eigenvalue weighted by molar-refractivity contribution is 5.87. The number of Topliss-reactive ketones (excluding diaryl/α,β-unsaturated/α-hetero) is 1. The van der Waals surface area contributed by atoms with E-state index in [-0.39, 0.29) is 23.9 Å². The molecule has 1 amide bonds. The third kappa shape index (κ3) is 4.97. The fraction of sp³-hybridized carbons (Fsp3) is 0.800. The number of rotatable bonds is 5. The lowest BCUT2D eigenvalue weighted by molar-refractivity contribution is -0.130. The van der Waals surface area contributed by atoms with E-state index in [9.17, 15) is 9.59 Å². The molecule has 1 N–H and O–H groups in total. The van der Waals surface area contributed by atoms with Gasteiger partial charge in [-0.25, -0.2) is 0 Å². The number of carbonyl (C=O) groups is 2. The van der Waals surface area contributed by atoms with Crippen LogP contribution < -0.4 is 5.32 Å². The highest BCUT2D eigenvalue weighted by Crippen LogP contribution is 2.04. The summed E-state index contributed by atoms with van der Waals surface area (Å²) in [5.41, 5.74) is 0. The molecule has 0 aliphatic carbocycles. The molecule has 0 aromatic rings. The molecule has 0 bridgehead atoms. The fourth-order valence-corrected chi connectivity index (χ4v) is 1.28. The summed E-state index contributed by atoms with van der Waals surface area (Å²) in [5.74, 6) is -0.308. The minimum atomic E-state index is -0.546. The molecule has 0 aromatic heterocycles. The Morgan fingerprint density at radius 2 is 1.64 bits per heavy atom. The van der Waals surface area contributed by atoms with E-state index < -0.39 is 6.04 Å². The molecule has 4 nitrogen and oxygen atoms in total. The summed E-state index contributed by atoms with van der Waals surface area (Å²) in [6, 6.07) is -0.546. The van der Waals surface area contributed by atoms with Gasteiger partial charge in [-0.05, 0) is 27.7 Å². The molecule has 14 heavy (non-hydrogen) atoms. The molecular formula is C10H19NO3. The second-order valence-corrected chi connectivity index (χ2v) is 3.68. The van der Waals surface area contributed by atoms with Crippen molar-refractivity contribution in [2.24, 2.45) is 0 Å².